The van der Waals surface area contributed by atoms with Crippen molar-refractivity contribution in [1.29, 1.82) is 0 Å². The lowest BCUT2D eigenvalue weighted by molar-refractivity contribution is 0.135. The lowest BCUT2D eigenvalue weighted by Gasteiger charge is -2.25. The maximum Gasteiger partial charge on any atom is 0.150 e. The molecule has 2 N–H and O–H groups in total. The molecular formula is C36H22O2S2. The van der Waals surface area contributed by atoms with E-state index in [9.17, 15) is 10.2 Å². The molecule has 1 atom stereocenters. The topological polar surface area (TPSA) is 40.5 Å². The molecule has 0 bridgehead atoms. The number of benzene rings is 5. The Kier molecular flexibility index (Phi) is 4.42. The summed E-state index contributed by atoms with van der Waals surface area (Å²) in [5.41, 5.74) is 5.61. The summed E-state index contributed by atoms with van der Waals surface area (Å²) in [5.74, 6) is 0. The maximum absolute atomic E-state index is 12.6. The van der Waals surface area contributed by atoms with Gasteiger partial charge in [-0.25, -0.2) is 0 Å². The Hall–Kier alpha value is -4.06. The van der Waals surface area contributed by atoms with Gasteiger partial charge < -0.3 is 10.2 Å². The highest BCUT2D eigenvalue weighted by Crippen LogP contribution is 2.57. The second-order valence-corrected chi connectivity index (χ2v) is 12.9. The van der Waals surface area contributed by atoms with E-state index in [1.807, 2.05) is 60.7 Å². The summed E-state index contributed by atoms with van der Waals surface area (Å²) < 4.78 is 2.15. The third-order valence-electron chi connectivity index (χ3n) is 8.73. The molecule has 5 aromatic carbocycles. The normalized spacial score (nSPS) is 18.1. The van der Waals surface area contributed by atoms with Gasteiger partial charge in [0.25, 0.3) is 0 Å². The highest BCUT2D eigenvalue weighted by Gasteiger charge is 2.46. The summed E-state index contributed by atoms with van der Waals surface area (Å²) in [5, 5.41) is 27.2. The van der Waals surface area contributed by atoms with Gasteiger partial charge in [-0.15, -0.1) is 22.7 Å². The van der Waals surface area contributed by atoms with Crippen LogP contribution in [0, 0.1) is 0 Å². The molecule has 0 spiro atoms. The first-order valence-corrected chi connectivity index (χ1v) is 15.0. The van der Waals surface area contributed by atoms with Crippen LogP contribution in [-0.4, -0.2) is 10.2 Å². The number of hydrogen-bond donors (Lipinski definition) is 2. The summed E-state index contributed by atoms with van der Waals surface area (Å²) in [6.45, 7) is 0. The van der Waals surface area contributed by atoms with Crippen molar-refractivity contribution in [3.8, 4) is 22.3 Å². The number of rotatable bonds is 2. The summed E-state index contributed by atoms with van der Waals surface area (Å²) >= 11 is 3.23. The quantitative estimate of drug-likeness (QED) is 0.226. The third kappa shape index (κ3) is 2.74. The van der Waals surface area contributed by atoms with Gasteiger partial charge >= 0.3 is 0 Å². The van der Waals surface area contributed by atoms with E-state index >= 15 is 0 Å². The van der Waals surface area contributed by atoms with Crippen LogP contribution in [0.1, 0.15) is 32.0 Å². The zero-order valence-corrected chi connectivity index (χ0v) is 22.9. The molecule has 2 heterocycles. The SMILES string of the molecule is OC1(c2cc3sc(C4(O)c5ccccc5-c5cc6ccccc6cc54)cc3s2)c2ccccc2-c2ccccc21. The first-order chi connectivity index (χ1) is 19.6. The molecule has 0 amide bonds. The minimum atomic E-state index is -1.23. The van der Waals surface area contributed by atoms with E-state index in [1.165, 1.54) is 5.39 Å². The van der Waals surface area contributed by atoms with E-state index in [2.05, 4.69) is 60.7 Å². The second kappa shape index (κ2) is 7.78. The Morgan fingerprint density at radius 1 is 0.400 bits per heavy atom. The summed E-state index contributed by atoms with van der Waals surface area (Å²) in [4.78, 5) is 1.81. The van der Waals surface area contributed by atoms with E-state index in [-0.39, 0.29) is 0 Å². The van der Waals surface area contributed by atoms with Crippen molar-refractivity contribution in [2.75, 3.05) is 0 Å². The Bertz CT molecular complexity index is 2090. The molecule has 2 aliphatic rings. The molecule has 0 saturated carbocycles. The molecule has 0 fully saturated rings. The molecule has 1 unspecified atom stereocenters. The molecule has 2 aromatic heterocycles. The van der Waals surface area contributed by atoms with Gasteiger partial charge in [-0.2, -0.15) is 0 Å². The van der Waals surface area contributed by atoms with Crippen LogP contribution in [0.4, 0.5) is 0 Å². The zero-order chi connectivity index (χ0) is 26.6. The average Bonchev–Trinajstić information content (AvgIpc) is 3.72. The Labute approximate surface area is 239 Å². The maximum atomic E-state index is 12.6. The van der Waals surface area contributed by atoms with Crippen LogP contribution in [0.2, 0.25) is 0 Å². The summed E-state index contributed by atoms with van der Waals surface area (Å²) in [6, 6.07) is 41.5. The van der Waals surface area contributed by atoms with Crippen LogP contribution in [-0.2, 0) is 11.2 Å². The van der Waals surface area contributed by atoms with E-state index in [0.717, 1.165) is 69.0 Å². The van der Waals surface area contributed by atoms with E-state index < -0.39 is 11.2 Å². The first kappa shape index (κ1) is 22.7. The van der Waals surface area contributed by atoms with Gasteiger partial charge in [-0.3, -0.25) is 0 Å². The molecule has 2 nitrogen and oxygen atoms in total. The van der Waals surface area contributed by atoms with E-state index in [4.69, 9.17) is 0 Å². The van der Waals surface area contributed by atoms with E-state index in [0.29, 0.717) is 0 Å². The largest absolute Gasteiger partial charge is 0.375 e. The van der Waals surface area contributed by atoms with Gasteiger partial charge in [0.05, 0.1) is 0 Å². The van der Waals surface area contributed by atoms with Gasteiger partial charge in [-0.1, -0.05) is 97.1 Å². The van der Waals surface area contributed by atoms with Gasteiger partial charge in [0, 0.05) is 41.4 Å². The molecule has 0 aliphatic heterocycles. The van der Waals surface area contributed by atoms with Crippen LogP contribution in [0.25, 0.3) is 42.4 Å². The highest BCUT2D eigenvalue weighted by atomic mass is 32.1. The summed E-state index contributed by atoms with van der Waals surface area (Å²) in [6.07, 6.45) is 0. The number of fused-ring (bicyclic) bond motifs is 8. The fraction of sp³-hybridized carbons (Fsp3) is 0.0556. The Morgan fingerprint density at radius 3 is 1.32 bits per heavy atom. The highest BCUT2D eigenvalue weighted by molar-refractivity contribution is 7.28. The van der Waals surface area contributed by atoms with Gasteiger partial charge in [0.15, 0.2) is 11.2 Å². The number of hydrogen-bond acceptors (Lipinski definition) is 4. The molecule has 2 aliphatic carbocycles. The molecule has 9 rings (SSSR count). The lowest BCUT2D eigenvalue weighted by atomic mass is 9.89. The third-order valence-corrected chi connectivity index (χ3v) is 11.2. The molecule has 0 saturated heterocycles. The minimum absolute atomic E-state index is 0.904. The van der Waals surface area contributed by atoms with Crippen LogP contribution >= 0.6 is 22.7 Å². The van der Waals surface area contributed by atoms with Crippen molar-refractivity contribution in [3.63, 3.8) is 0 Å². The average molecular weight is 551 g/mol. The van der Waals surface area contributed by atoms with Crippen molar-refractivity contribution in [3.05, 3.63) is 153 Å². The molecule has 40 heavy (non-hydrogen) atoms. The molecule has 4 heteroatoms. The molecule has 0 radical (unpaired) electrons. The Morgan fingerprint density at radius 2 is 0.800 bits per heavy atom. The van der Waals surface area contributed by atoms with Crippen LogP contribution in [0.5, 0.6) is 0 Å². The predicted molar refractivity (Wildman–Crippen MR) is 165 cm³/mol. The summed E-state index contributed by atoms with van der Waals surface area (Å²) in [7, 11) is 0. The molecule has 190 valence electrons. The zero-order valence-electron chi connectivity index (χ0n) is 21.3. The predicted octanol–water partition coefficient (Wildman–Crippen LogP) is 8.65. The van der Waals surface area contributed by atoms with Crippen LogP contribution in [0.15, 0.2) is 121 Å². The first-order valence-electron chi connectivity index (χ1n) is 13.4. The Balaban J connectivity index is 1.23. The smallest absolute Gasteiger partial charge is 0.150 e. The van der Waals surface area contributed by atoms with Gasteiger partial charge in [-0.05, 0) is 57.3 Å². The molecule has 7 aromatic rings. The lowest BCUT2D eigenvalue weighted by Crippen LogP contribution is -2.25. The molecular weight excluding hydrogens is 529 g/mol. The van der Waals surface area contributed by atoms with Crippen molar-refractivity contribution >= 4 is 42.8 Å². The fourth-order valence-corrected chi connectivity index (χ4v) is 9.51. The van der Waals surface area contributed by atoms with Crippen LogP contribution in [0.3, 0.4) is 0 Å². The number of thiophene rings is 2. The van der Waals surface area contributed by atoms with Crippen molar-refractivity contribution in [2.24, 2.45) is 0 Å². The van der Waals surface area contributed by atoms with E-state index in [1.54, 1.807) is 22.7 Å². The van der Waals surface area contributed by atoms with Gasteiger partial charge in [0.2, 0.25) is 0 Å². The monoisotopic (exact) mass is 550 g/mol. The van der Waals surface area contributed by atoms with Crippen molar-refractivity contribution < 1.29 is 10.2 Å². The minimum Gasteiger partial charge on any atom is -0.375 e. The van der Waals surface area contributed by atoms with Gasteiger partial charge in [0.1, 0.15) is 0 Å². The van der Waals surface area contributed by atoms with Crippen molar-refractivity contribution in [2.45, 2.75) is 11.2 Å². The van der Waals surface area contributed by atoms with Crippen molar-refractivity contribution in [1.82, 2.24) is 0 Å². The standard InChI is InChI=1S/C36H22O2S2/c37-35(27-14-6-3-11-23(27)24-12-4-7-15-28(24)35)33-19-31-32(39-33)20-34(40-31)36(38)29-16-8-5-13-25(29)26-17-21-9-1-2-10-22(21)18-30(26)36/h1-20,37-38H. The van der Waals surface area contributed by atoms with Crippen LogP contribution < -0.4 is 0 Å². The number of aliphatic hydroxyl groups is 2. The second-order valence-electron chi connectivity index (χ2n) is 10.8. The fourth-order valence-electron chi connectivity index (χ4n) is 6.88.